The molecule has 3 atom stereocenters. The van der Waals surface area contributed by atoms with Gasteiger partial charge in [0.25, 0.3) is 0 Å². The van der Waals surface area contributed by atoms with Crippen LogP contribution in [0.4, 0.5) is 0 Å². The Labute approximate surface area is 137 Å². The van der Waals surface area contributed by atoms with Crippen LogP contribution in [0.25, 0.3) is 21.8 Å². The van der Waals surface area contributed by atoms with E-state index in [1.54, 1.807) is 0 Å². The Balaban J connectivity index is 2.14. The van der Waals surface area contributed by atoms with E-state index in [9.17, 15) is 5.11 Å². The molecular formula is C20H26N2O. The molecule has 1 heterocycles. The molecular weight excluding hydrogens is 284 g/mol. The molecule has 0 spiro atoms. The number of para-hydroxylation sites is 1. The predicted octanol–water partition coefficient (Wildman–Crippen LogP) is 4.22. The third-order valence-corrected chi connectivity index (χ3v) is 5.09. The van der Waals surface area contributed by atoms with E-state index in [0.29, 0.717) is 0 Å². The van der Waals surface area contributed by atoms with Gasteiger partial charge in [-0.15, -0.1) is 0 Å². The first kappa shape index (κ1) is 16.0. The average Bonchev–Trinajstić information content (AvgIpc) is 2.92. The molecule has 1 unspecified atom stereocenters. The number of aryl methyl sites for hydroxylation is 1. The molecule has 1 aromatic heterocycles. The lowest BCUT2D eigenvalue weighted by molar-refractivity contribution is 0.0880. The Hall–Kier alpha value is -1.84. The van der Waals surface area contributed by atoms with Crippen LogP contribution in [0.3, 0.4) is 0 Å². The molecule has 3 heteroatoms. The van der Waals surface area contributed by atoms with Gasteiger partial charge in [0, 0.05) is 28.4 Å². The van der Waals surface area contributed by atoms with Crippen LogP contribution in [0.1, 0.15) is 38.8 Å². The molecule has 0 bridgehead atoms. The van der Waals surface area contributed by atoms with Crippen molar-refractivity contribution in [1.29, 1.82) is 0 Å². The molecule has 3 rings (SSSR count). The largest absolute Gasteiger partial charge is 0.391 e. The van der Waals surface area contributed by atoms with Crippen molar-refractivity contribution in [2.24, 2.45) is 11.7 Å². The molecule has 3 aromatic rings. The highest BCUT2D eigenvalue weighted by molar-refractivity contribution is 6.08. The lowest BCUT2D eigenvalue weighted by Gasteiger charge is -2.24. The van der Waals surface area contributed by atoms with E-state index in [0.717, 1.165) is 18.5 Å². The highest BCUT2D eigenvalue weighted by Crippen LogP contribution is 2.32. The summed E-state index contributed by atoms with van der Waals surface area (Å²) in [5.74, 6) is 0.192. The van der Waals surface area contributed by atoms with E-state index < -0.39 is 6.10 Å². The zero-order chi connectivity index (χ0) is 16.6. The maximum Gasteiger partial charge on any atom is 0.0758 e. The van der Waals surface area contributed by atoms with Gasteiger partial charge in [0.15, 0.2) is 0 Å². The fourth-order valence-electron chi connectivity index (χ4n) is 3.41. The van der Waals surface area contributed by atoms with Gasteiger partial charge in [-0.3, -0.25) is 0 Å². The summed E-state index contributed by atoms with van der Waals surface area (Å²) >= 11 is 0. The Morgan fingerprint density at radius 3 is 2.43 bits per heavy atom. The maximum absolute atomic E-state index is 10.4. The van der Waals surface area contributed by atoms with Crippen molar-refractivity contribution in [2.45, 2.75) is 45.9 Å². The molecule has 23 heavy (non-hydrogen) atoms. The van der Waals surface area contributed by atoms with Gasteiger partial charge in [-0.1, -0.05) is 44.5 Å². The van der Waals surface area contributed by atoms with Crippen LogP contribution in [0.15, 0.2) is 42.5 Å². The lowest BCUT2D eigenvalue weighted by atomic mass is 9.91. The Morgan fingerprint density at radius 1 is 1.04 bits per heavy atom. The lowest BCUT2D eigenvalue weighted by Crippen LogP contribution is -2.31. The molecule has 0 aliphatic heterocycles. The van der Waals surface area contributed by atoms with E-state index in [1.807, 2.05) is 6.92 Å². The van der Waals surface area contributed by atoms with E-state index in [2.05, 4.69) is 60.9 Å². The fraction of sp³-hybridized carbons (Fsp3) is 0.400. The molecule has 2 aromatic carbocycles. The fourth-order valence-corrected chi connectivity index (χ4v) is 3.41. The van der Waals surface area contributed by atoms with Crippen LogP contribution in [-0.4, -0.2) is 15.8 Å². The molecule has 0 radical (unpaired) electrons. The van der Waals surface area contributed by atoms with Gasteiger partial charge in [0.2, 0.25) is 0 Å². The van der Waals surface area contributed by atoms with Gasteiger partial charge in [0.1, 0.15) is 0 Å². The van der Waals surface area contributed by atoms with Crippen molar-refractivity contribution in [2.75, 3.05) is 0 Å². The summed E-state index contributed by atoms with van der Waals surface area (Å²) in [4.78, 5) is 0. The number of benzene rings is 2. The van der Waals surface area contributed by atoms with Crippen molar-refractivity contribution < 1.29 is 5.11 Å². The van der Waals surface area contributed by atoms with Crippen molar-refractivity contribution in [3.63, 3.8) is 0 Å². The summed E-state index contributed by atoms with van der Waals surface area (Å²) in [6.07, 6.45) is 0.406. The average molecular weight is 310 g/mol. The Bertz CT molecular complexity index is 821. The van der Waals surface area contributed by atoms with Gasteiger partial charge in [-0.25, -0.2) is 0 Å². The second-order valence-electron chi connectivity index (χ2n) is 6.44. The monoisotopic (exact) mass is 310 g/mol. The van der Waals surface area contributed by atoms with Gasteiger partial charge in [-0.2, -0.15) is 0 Å². The molecule has 0 fully saturated rings. The van der Waals surface area contributed by atoms with E-state index in [1.165, 1.54) is 21.8 Å². The number of nitrogens with zero attached hydrogens (tertiary/aromatic N) is 1. The third-order valence-electron chi connectivity index (χ3n) is 5.09. The normalized spacial score (nSPS) is 15.9. The van der Waals surface area contributed by atoms with E-state index >= 15 is 0 Å². The zero-order valence-corrected chi connectivity index (χ0v) is 14.2. The maximum atomic E-state index is 10.4. The van der Waals surface area contributed by atoms with Crippen LogP contribution in [0.2, 0.25) is 0 Å². The van der Waals surface area contributed by atoms with Crippen LogP contribution in [0, 0.1) is 5.92 Å². The minimum atomic E-state index is -0.517. The van der Waals surface area contributed by atoms with Crippen molar-refractivity contribution in [3.05, 3.63) is 48.0 Å². The number of nitrogens with two attached hydrogens (primary N) is 1. The topological polar surface area (TPSA) is 51.2 Å². The number of aromatic nitrogens is 1. The Kier molecular flexibility index (Phi) is 4.42. The summed E-state index contributed by atoms with van der Waals surface area (Å²) in [5.41, 5.74) is 9.81. The van der Waals surface area contributed by atoms with Gasteiger partial charge < -0.3 is 15.4 Å². The summed E-state index contributed by atoms with van der Waals surface area (Å²) in [5, 5.41) is 12.9. The molecule has 122 valence electrons. The summed E-state index contributed by atoms with van der Waals surface area (Å²) in [7, 11) is 0. The highest BCUT2D eigenvalue weighted by atomic mass is 16.3. The Morgan fingerprint density at radius 2 is 1.74 bits per heavy atom. The van der Waals surface area contributed by atoms with Crippen molar-refractivity contribution in [1.82, 2.24) is 4.57 Å². The summed E-state index contributed by atoms with van der Waals surface area (Å²) in [6, 6.07) is 14.5. The molecule has 0 amide bonds. The zero-order valence-electron chi connectivity index (χ0n) is 14.2. The quantitative estimate of drug-likeness (QED) is 0.741. The van der Waals surface area contributed by atoms with Crippen molar-refractivity contribution in [3.8, 4) is 0 Å². The summed E-state index contributed by atoms with van der Waals surface area (Å²) in [6.45, 7) is 7.23. The molecule has 3 nitrogen and oxygen atoms in total. The number of hydrogen-bond donors (Lipinski definition) is 2. The van der Waals surface area contributed by atoms with Gasteiger partial charge in [0.05, 0.1) is 12.1 Å². The van der Waals surface area contributed by atoms with Crippen LogP contribution in [-0.2, 0) is 6.54 Å². The number of aliphatic hydroxyl groups is 1. The standard InChI is InChI=1S/C20H26N2O/c1-4-13(3)20(23)19(21)14-10-11-18-16(12-14)15-8-6-7-9-17(15)22(18)5-2/h6-13,19-20,23H,4-5,21H2,1-3H3/t13?,19-,20+/m1/s1. The first-order chi connectivity index (χ1) is 11.1. The smallest absolute Gasteiger partial charge is 0.0758 e. The SMILES string of the molecule is CCC(C)[C@H](O)[C@H](N)c1ccc2c(c1)c1ccccc1n2CC. The number of rotatable bonds is 5. The molecule has 0 aliphatic carbocycles. The first-order valence-electron chi connectivity index (χ1n) is 8.53. The van der Waals surface area contributed by atoms with Crippen LogP contribution in [0.5, 0.6) is 0 Å². The second-order valence-corrected chi connectivity index (χ2v) is 6.44. The predicted molar refractivity (Wildman–Crippen MR) is 97.5 cm³/mol. The van der Waals surface area contributed by atoms with Crippen molar-refractivity contribution >= 4 is 21.8 Å². The molecule has 0 aliphatic rings. The second kappa shape index (κ2) is 6.34. The first-order valence-corrected chi connectivity index (χ1v) is 8.53. The molecule has 0 saturated heterocycles. The van der Waals surface area contributed by atoms with Gasteiger partial charge >= 0.3 is 0 Å². The third kappa shape index (κ3) is 2.64. The highest BCUT2D eigenvalue weighted by Gasteiger charge is 2.22. The molecule has 3 N–H and O–H groups in total. The number of fused-ring (bicyclic) bond motifs is 3. The van der Waals surface area contributed by atoms with Gasteiger partial charge in [-0.05, 0) is 36.6 Å². The van der Waals surface area contributed by atoms with Crippen LogP contribution < -0.4 is 5.73 Å². The number of hydrogen-bond acceptors (Lipinski definition) is 2. The number of aliphatic hydroxyl groups excluding tert-OH is 1. The summed E-state index contributed by atoms with van der Waals surface area (Å²) < 4.78 is 2.32. The molecule has 0 saturated carbocycles. The van der Waals surface area contributed by atoms with E-state index in [-0.39, 0.29) is 12.0 Å². The minimum absolute atomic E-state index is 0.192. The minimum Gasteiger partial charge on any atom is -0.391 e. The van der Waals surface area contributed by atoms with E-state index in [4.69, 9.17) is 5.73 Å². The van der Waals surface area contributed by atoms with Crippen LogP contribution >= 0.6 is 0 Å².